The van der Waals surface area contributed by atoms with E-state index in [1.54, 1.807) is 6.08 Å². The summed E-state index contributed by atoms with van der Waals surface area (Å²) in [6.45, 7) is 2.67. The zero-order chi connectivity index (χ0) is 63.8. The van der Waals surface area contributed by atoms with Gasteiger partial charge in [-0.2, -0.15) is 0 Å². The van der Waals surface area contributed by atoms with Crippen molar-refractivity contribution in [2.24, 2.45) is 0 Å². The molecule has 2 saturated heterocycles. The van der Waals surface area contributed by atoms with Crippen LogP contribution in [0, 0.1) is 0 Å². The number of unbranched alkanes of at least 4 members (excludes halogenated alkanes) is 27. The molecule has 0 aromatic heterocycles. The Morgan fingerprint density at radius 2 is 0.795 bits per heavy atom. The van der Waals surface area contributed by atoms with Gasteiger partial charge >= 0.3 is 0 Å². The maximum absolute atomic E-state index is 13.3. The molecular weight excluding hydrogens is 1110 g/mol. The number of aliphatic hydroxyl groups excluding tert-OH is 8. The topological polar surface area (TPSA) is 228 Å². The third kappa shape index (κ3) is 41.2. The Morgan fingerprint density at radius 1 is 0.420 bits per heavy atom. The van der Waals surface area contributed by atoms with Crippen LogP contribution in [-0.2, 0) is 23.7 Å². The van der Waals surface area contributed by atoms with Crippen molar-refractivity contribution in [3.05, 3.63) is 109 Å². The van der Waals surface area contributed by atoms with E-state index >= 15 is 0 Å². The molecule has 0 aromatic rings. The predicted molar refractivity (Wildman–Crippen MR) is 359 cm³/mol. The Hall–Kier alpha value is -3.35. The van der Waals surface area contributed by atoms with Crippen LogP contribution in [-0.4, -0.2) is 140 Å². The first-order valence-electron chi connectivity index (χ1n) is 35.1. The van der Waals surface area contributed by atoms with Crippen molar-refractivity contribution in [2.75, 3.05) is 19.8 Å². The summed E-state index contributed by atoms with van der Waals surface area (Å²) in [4.78, 5) is 13.3. The quantitative estimate of drug-likeness (QED) is 0.0204. The lowest BCUT2D eigenvalue weighted by Gasteiger charge is -2.46. The van der Waals surface area contributed by atoms with Gasteiger partial charge in [-0.3, -0.25) is 4.79 Å². The van der Waals surface area contributed by atoms with Gasteiger partial charge in [0.1, 0.15) is 48.8 Å². The summed E-state index contributed by atoms with van der Waals surface area (Å²) in [5.74, 6) is -0.252. The van der Waals surface area contributed by atoms with Crippen molar-refractivity contribution in [1.29, 1.82) is 0 Å². The van der Waals surface area contributed by atoms with Gasteiger partial charge in [0, 0.05) is 6.42 Å². The number of hydrogen-bond acceptors (Lipinski definition) is 13. The van der Waals surface area contributed by atoms with Crippen LogP contribution in [0.4, 0.5) is 0 Å². The third-order valence-electron chi connectivity index (χ3n) is 16.4. The van der Waals surface area contributed by atoms with E-state index in [0.29, 0.717) is 12.8 Å². The molecule has 1 amide bonds. The van der Waals surface area contributed by atoms with Crippen LogP contribution in [0.1, 0.15) is 258 Å². The van der Waals surface area contributed by atoms with Crippen LogP contribution in [0.25, 0.3) is 0 Å². The molecule has 88 heavy (non-hydrogen) atoms. The lowest BCUT2D eigenvalue weighted by atomic mass is 9.97. The number of ether oxygens (including phenoxy) is 4. The Labute approximate surface area is 534 Å². The fourth-order valence-electron chi connectivity index (χ4n) is 10.9. The van der Waals surface area contributed by atoms with E-state index in [1.165, 1.54) is 148 Å². The van der Waals surface area contributed by atoms with E-state index in [1.807, 2.05) is 6.08 Å². The highest BCUT2D eigenvalue weighted by atomic mass is 16.7. The highest BCUT2D eigenvalue weighted by Gasteiger charge is 2.51. The molecule has 12 atom stereocenters. The van der Waals surface area contributed by atoms with E-state index in [0.717, 1.165) is 77.0 Å². The Balaban J connectivity index is 1.63. The van der Waals surface area contributed by atoms with E-state index in [-0.39, 0.29) is 18.9 Å². The van der Waals surface area contributed by atoms with Gasteiger partial charge in [0.2, 0.25) is 5.91 Å². The van der Waals surface area contributed by atoms with Crippen molar-refractivity contribution in [3.63, 3.8) is 0 Å². The molecular formula is C74H127NO13. The molecule has 0 bridgehead atoms. The fraction of sp³-hybridized carbons (Fsp3) is 0.743. The molecule has 0 saturated carbocycles. The summed E-state index contributed by atoms with van der Waals surface area (Å²) in [6, 6.07) is -0.937. The second-order valence-electron chi connectivity index (χ2n) is 24.3. The second kappa shape index (κ2) is 57.5. The smallest absolute Gasteiger partial charge is 0.220 e. The molecule has 14 nitrogen and oxygen atoms in total. The summed E-state index contributed by atoms with van der Waals surface area (Å²) in [5.41, 5.74) is 0. The van der Waals surface area contributed by atoms with Crippen molar-refractivity contribution in [2.45, 2.75) is 331 Å². The van der Waals surface area contributed by atoms with E-state index in [2.05, 4.69) is 116 Å². The summed E-state index contributed by atoms with van der Waals surface area (Å²) in [6.07, 6.45) is 65.7. The van der Waals surface area contributed by atoms with E-state index < -0.39 is 86.8 Å². The van der Waals surface area contributed by atoms with Crippen molar-refractivity contribution in [3.8, 4) is 0 Å². The summed E-state index contributed by atoms with van der Waals surface area (Å²) in [7, 11) is 0. The largest absolute Gasteiger partial charge is 0.394 e. The minimum absolute atomic E-state index is 0.252. The molecule has 2 aliphatic rings. The fourth-order valence-corrected chi connectivity index (χ4v) is 10.9. The first kappa shape index (κ1) is 80.7. The summed E-state index contributed by atoms with van der Waals surface area (Å²) >= 11 is 0. The van der Waals surface area contributed by atoms with Crippen molar-refractivity contribution >= 4 is 5.91 Å². The number of nitrogens with one attached hydrogen (secondary N) is 1. The minimum atomic E-state index is -1.79. The Kier molecular flexibility index (Phi) is 52.8. The highest BCUT2D eigenvalue weighted by molar-refractivity contribution is 5.76. The molecule has 2 fully saturated rings. The van der Waals surface area contributed by atoms with E-state index in [9.17, 15) is 45.6 Å². The molecule has 0 spiro atoms. The molecule has 2 heterocycles. The maximum Gasteiger partial charge on any atom is 0.220 e. The van der Waals surface area contributed by atoms with Crippen molar-refractivity contribution in [1.82, 2.24) is 5.32 Å². The average molecular weight is 1240 g/mol. The SMILES string of the molecule is CC/C=C\C/C=C\C/C=C\C/C=C\C/C=C\C/C=C\C/C=C\CCCCCCCCCCCCCCCCCC(=O)NC(COC1OC(CO)C(OC2OC(CO)C(O)C(O)C2O)C(O)C1O)C(O)/C=C/CC/C=C/CCCCCCCCCCCCC. The van der Waals surface area contributed by atoms with Gasteiger partial charge in [0.25, 0.3) is 0 Å². The lowest BCUT2D eigenvalue weighted by molar-refractivity contribution is -0.359. The van der Waals surface area contributed by atoms with Crippen LogP contribution in [0.15, 0.2) is 109 Å². The zero-order valence-electron chi connectivity index (χ0n) is 54.9. The van der Waals surface area contributed by atoms with Gasteiger partial charge in [-0.05, 0) is 89.9 Å². The minimum Gasteiger partial charge on any atom is -0.394 e. The van der Waals surface area contributed by atoms with Crippen LogP contribution in [0.3, 0.4) is 0 Å². The average Bonchev–Trinajstić information content (AvgIpc) is 2.07. The number of allylic oxidation sites excluding steroid dienone is 17. The predicted octanol–water partition coefficient (Wildman–Crippen LogP) is 14.3. The first-order chi connectivity index (χ1) is 43.1. The number of hydrogen-bond donors (Lipinski definition) is 9. The summed E-state index contributed by atoms with van der Waals surface area (Å²) < 4.78 is 22.8. The monoisotopic (exact) mass is 1240 g/mol. The van der Waals surface area contributed by atoms with Crippen LogP contribution in [0.5, 0.6) is 0 Å². The van der Waals surface area contributed by atoms with Crippen LogP contribution >= 0.6 is 0 Å². The second-order valence-corrected chi connectivity index (χ2v) is 24.3. The number of carbonyl (C=O) groups excluding carboxylic acids is 1. The zero-order valence-corrected chi connectivity index (χ0v) is 54.9. The number of rotatable bonds is 56. The van der Waals surface area contributed by atoms with E-state index in [4.69, 9.17) is 18.9 Å². The van der Waals surface area contributed by atoms with Gasteiger partial charge in [-0.25, -0.2) is 0 Å². The Bertz CT molecular complexity index is 1890. The molecule has 12 unspecified atom stereocenters. The van der Waals surface area contributed by atoms with Gasteiger partial charge in [-0.1, -0.05) is 271 Å². The van der Waals surface area contributed by atoms with Gasteiger partial charge in [0.15, 0.2) is 12.6 Å². The number of amides is 1. The number of carbonyl (C=O) groups is 1. The molecule has 2 aliphatic heterocycles. The standard InChI is InChI=1S/C74H127NO13/c1-3-5-7-9-11-13-15-17-19-21-22-23-24-25-26-27-28-29-30-31-32-33-34-35-36-37-38-39-40-42-44-46-48-50-52-54-56-58-66(79)75-62(63(78)57-55-53-51-49-47-45-43-41-20-18-16-14-12-10-8-6-4-2)61-85-73-71(84)69(82)72(65(60-77)87-73)88-74-70(83)68(81)67(80)64(59-76)86-74/h5,7,11,13,17,19,22-23,25-26,28-29,31-32,47,49,55,57,62-65,67-74,76-78,80-84H,3-4,6,8-10,12,14-16,18,20-21,24,27,30,33-46,48,50-54,56,58-61H2,1-2H3,(H,75,79)/b7-5-,13-11-,19-17-,23-22-,26-25-,29-28-,32-31-,49-47+,57-55+. The molecule has 0 aliphatic carbocycles. The molecule has 2 rings (SSSR count). The molecule has 0 radical (unpaired) electrons. The first-order valence-corrected chi connectivity index (χ1v) is 35.1. The van der Waals surface area contributed by atoms with Crippen LogP contribution < -0.4 is 5.32 Å². The third-order valence-corrected chi connectivity index (χ3v) is 16.4. The normalized spacial score (nSPS) is 23.8. The highest BCUT2D eigenvalue weighted by Crippen LogP contribution is 2.30. The van der Waals surface area contributed by atoms with Gasteiger partial charge in [0.05, 0.1) is 32.0 Å². The molecule has 9 N–H and O–H groups in total. The lowest BCUT2D eigenvalue weighted by Crippen LogP contribution is -2.65. The van der Waals surface area contributed by atoms with Crippen molar-refractivity contribution < 1.29 is 64.6 Å². The molecule has 14 heteroatoms. The summed E-state index contributed by atoms with van der Waals surface area (Å²) in [5, 5.41) is 87.3. The maximum atomic E-state index is 13.3. The van der Waals surface area contributed by atoms with Gasteiger partial charge < -0.3 is 65.1 Å². The molecule has 506 valence electrons. The van der Waals surface area contributed by atoms with Crippen LogP contribution in [0.2, 0.25) is 0 Å². The molecule has 0 aromatic carbocycles. The van der Waals surface area contributed by atoms with Gasteiger partial charge in [-0.15, -0.1) is 0 Å². The number of aliphatic hydroxyl groups is 8. The Morgan fingerprint density at radius 3 is 1.25 bits per heavy atom.